The van der Waals surface area contributed by atoms with E-state index in [0.29, 0.717) is 5.75 Å². The van der Waals surface area contributed by atoms with Crippen LogP contribution in [-0.4, -0.2) is 18.7 Å². The molecule has 0 bridgehead atoms. The molecule has 1 amide bonds. The lowest BCUT2D eigenvalue weighted by molar-refractivity contribution is -0.119. The van der Waals surface area contributed by atoms with E-state index in [-0.39, 0.29) is 6.61 Å². The maximum atomic E-state index is 10.6. The lowest BCUT2D eigenvalue weighted by Gasteiger charge is -2.03. The smallest absolute Gasteiger partial charge is 0.255 e. The van der Waals surface area contributed by atoms with E-state index in [1.807, 2.05) is 30.3 Å². The van der Waals surface area contributed by atoms with Crippen molar-refractivity contribution in [3.05, 3.63) is 57.2 Å². The Bertz CT molecular complexity index is 666. The Morgan fingerprint density at radius 2 is 2.00 bits per heavy atom. The van der Waals surface area contributed by atoms with Crippen molar-refractivity contribution >= 4 is 40.4 Å². The lowest BCUT2D eigenvalue weighted by Crippen LogP contribution is -2.19. The molecule has 0 atom stereocenters. The predicted octanol–water partition coefficient (Wildman–Crippen LogP) is 3.21. The molecule has 21 heavy (non-hydrogen) atoms. The van der Waals surface area contributed by atoms with Gasteiger partial charge in [0.05, 0.1) is 5.69 Å². The maximum absolute atomic E-state index is 10.6. The third-order valence-corrected chi connectivity index (χ3v) is 3.98. The van der Waals surface area contributed by atoms with Gasteiger partial charge < -0.3 is 10.5 Å². The summed E-state index contributed by atoms with van der Waals surface area (Å²) < 4.78 is 6.42. The van der Waals surface area contributed by atoms with Crippen molar-refractivity contribution in [2.24, 2.45) is 10.7 Å². The van der Waals surface area contributed by atoms with E-state index in [9.17, 15) is 4.79 Å². The van der Waals surface area contributed by atoms with Gasteiger partial charge in [-0.1, -0.05) is 0 Å². The van der Waals surface area contributed by atoms with Gasteiger partial charge in [0.1, 0.15) is 5.75 Å². The van der Waals surface area contributed by atoms with Gasteiger partial charge in [-0.3, -0.25) is 9.79 Å². The van der Waals surface area contributed by atoms with Crippen LogP contribution in [0.5, 0.6) is 5.75 Å². The van der Waals surface area contributed by atoms with E-state index in [4.69, 9.17) is 10.5 Å². The Kier molecular flexibility index (Phi) is 5.32. The second-order valence-electron chi connectivity index (χ2n) is 4.52. The maximum Gasteiger partial charge on any atom is 0.255 e. The average Bonchev–Trinajstić information content (AvgIpc) is 2.47. The molecule has 2 rings (SSSR count). The van der Waals surface area contributed by atoms with Gasteiger partial charge in [0.25, 0.3) is 5.91 Å². The normalized spacial score (nSPS) is 10.8. The number of rotatable bonds is 5. The van der Waals surface area contributed by atoms with E-state index in [0.717, 1.165) is 11.3 Å². The zero-order valence-electron chi connectivity index (χ0n) is 11.5. The molecule has 0 spiro atoms. The van der Waals surface area contributed by atoms with Gasteiger partial charge in [-0.05, 0) is 83.1 Å². The monoisotopic (exact) mass is 394 g/mol. The minimum atomic E-state index is -0.491. The molecule has 2 N–H and O–H groups in total. The first-order valence-corrected chi connectivity index (χ1v) is 7.44. The summed E-state index contributed by atoms with van der Waals surface area (Å²) in [6, 6.07) is 13.4. The molecule has 0 fully saturated rings. The molecule has 0 radical (unpaired) electrons. The molecule has 0 saturated heterocycles. The van der Waals surface area contributed by atoms with Crippen LogP contribution in [0.25, 0.3) is 0 Å². The average molecular weight is 394 g/mol. The lowest BCUT2D eigenvalue weighted by atomic mass is 10.2. The number of carbonyl (C=O) groups excluding carboxylic acids is 1. The van der Waals surface area contributed by atoms with Crippen LogP contribution in [0.3, 0.4) is 0 Å². The third-order valence-electron chi connectivity index (χ3n) is 2.77. The summed E-state index contributed by atoms with van der Waals surface area (Å²) in [4.78, 5) is 15.1. The van der Waals surface area contributed by atoms with Crippen molar-refractivity contribution in [2.75, 3.05) is 6.61 Å². The number of halogens is 1. The van der Waals surface area contributed by atoms with Gasteiger partial charge in [0.2, 0.25) is 0 Å². The number of hydrogen-bond donors (Lipinski definition) is 1. The number of ether oxygens (including phenoxy) is 1. The number of nitrogens with two attached hydrogens (primary N) is 1. The van der Waals surface area contributed by atoms with Crippen LogP contribution in [0.1, 0.15) is 11.1 Å². The molecule has 2 aromatic carbocycles. The summed E-state index contributed by atoms with van der Waals surface area (Å²) >= 11 is 2.30. The van der Waals surface area contributed by atoms with E-state index >= 15 is 0 Å². The fourth-order valence-corrected chi connectivity index (χ4v) is 2.00. The molecular formula is C16H15IN2O2. The minimum Gasteiger partial charge on any atom is -0.484 e. The number of aryl methyl sites for hydroxylation is 1. The van der Waals surface area contributed by atoms with Crippen molar-refractivity contribution in [2.45, 2.75) is 6.92 Å². The van der Waals surface area contributed by atoms with Gasteiger partial charge in [-0.25, -0.2) is 0 Å². The largest absolute Gasteiger partial charge is 0.484 e. The number of aliphatic imine (C=N–C) groups is 1. The fourth-order valence-electron chi connectivity index (χ4n) is 1.66. The van der Waals surface area contributed by atoms with Crippen LogP contribution in [0.4, 0.5) is 5.69 Å². The molecule has 5 heteroatoms. The van der Waals surface area contributed by atoms with Crippen LogP contribution >= 0.6 is 22.6 Å². The first kappa shape index (κ1) is 15.5. The van der Waals surface area contributed by atoms with Crippen LogP contribution in [0.2, 0.25) is 0 Å². The molecule has 2 aromatic rings. The third kappa shape index (κ3) is 4.86. The fraction of sp³-hybridized carbons (Fsp3) is 0.125. The highest BCUT2D eigenvalue weighted by Gasteiger charge is 1.98. The van der Waals surface area contributed by atoms with Gasteiger partial charge in [-0.15, -0.1) is 0 Å². The Morgan fingerprint density at radius 3 is 2.62 bits per heavy atom. The van der Waals surface area contributed by atoms with Gasteiger partial charge in [0.15, 0.2) is 6.61 Å². The topological polar surface area (TPSA) is 64.7 Å². The SMILES string of the molecule is Cc1cc(N=Cc2ccc(OCC(N)=O)cc2)ccc1I. The molecule has 0 saturated carbocycles. The van der Waals surface area contributed by atoms with Crippen LogP contribution < -0.4 is 10.5 Å². The minimum absolute atomic E-state index is 0.116. The molecule has 0 aliphatic rings. The van der Waals surface area contributed by atoms with Crippen LogP contribution in [0.15, 0.2) is 47.5 Å². The van der Waals surface area contributed by atoms with Crippen LogP contribution in [0, 0.1) is 10.5 Å². The van der Waals surface area contributed by atoms with Crippen LogP contribution in [-0.2, 0) is 4.79 Å². The Morgan fingerprint density at radius 1 is 1.29 bits per heavy atom. The van der Waals surface area contributed by atoms with E-state index in [1.165, 1.54) is 9.13 Å². The van der Waals surface area contributed by atoms with Crippen molar-refractivity contribution < 1.29 is 9.53 Å². The molecule has 4 nitrogen and oxygen atoms in total. The second kappa shape index (κ2) is 7.21. The van der Waals surface area contributed by atoms with Crippen molar-refractivity contribution in [3.8, 4) is 5.75 Å². The number of benzene rings is 2. The number of amides is 1. The highest BCUT2D eigenvalue weighted by Crippen LogP contribution is 2.19. The number of primary amides is 1. The highest BCUT2D eigenvalue weighted by atomic mass is 127. The molecule has 108 valence electrons. The summed E-state index contributed by atoms with van der Waals surface area (Å²) in [6.07, 6.45) is 1.79. The van der Waals surface area contributed by atoms with E-state index < -0.39 is 5.91 Å². The quantitative estimate of drug-likeness (QED) is 0.625. The van der Waals surface area contributed by atoms with E-state index in [2.05, 4.69) is 34.5 Å². The number of hydrogen-bond acceptors (Lipinski definition) is 3. The van der Waals surface area contributed by atoms with Crippen molar-refractivity contribution in [3.63, 3.8) is 0 Å². The summed E-state index contributed by atoms with van der Waals surface area (Å²) in [5, 5.41) is 0. The predicted molar refractivity (Wildman–Crippen MR) is 92.3 cm³/mol. The second-order valence-corrected chi connectivity index (χ2v) is 5.68. The van der Waals surface area contributed by atoms with Crippen molar-refractivity contribution in [1.82, 2.24) is 0 Å². The van der Waals surface area contributed by atoms with E-state index in [1.54, 1.807) is 18.3 Å². The summed E-state index contributed by atoms with van der Waals surface area (Å²) in [5.41, 5.74) is 8.10. The number of carbonyl (C=O) groups is 1. The first-order valence-electron chi connectivity index (χ1n) is 6.36. The van der Waals surface area contributed by atoms with Gasteiger partial charge in [0, 0.05) is 9.78 Å². The Hall–Kier alpha value is -1.89. The molecule has 0 aliphatic carbocycles. The Labute approximate surface area is 137 Å². The number of nitrogens with zero attached hydrogens (tertiary/aromatic N) is 1. The van der Waals surface area contributed by atoms with Gasteiger partial charge in [-0.2, -0.15) is 0 Å². The Balaban J connectivity index is 2.03. The molecule has 0 heterocycles. The summed E-state index contributed by atoms with van der Waals surface area (Å²) in [5.74, 6) is 0.116. The molecule has 0 aromatic heterocycles. The van der Waals surface area contributed by atoms with Crippen molar-refractivity contribution in [1.29, 1.82) is 0 Å². The van der Waals surface area contributed by atoms with Gasteiger partial charge >= 0.3 is 0 Å². The zero-order chi connectivity index (χ0) is 15.2. The molecule has 0 aliphatic heterocycles. The summed E-state index contributed by atoms with van der Waals surface area (Å²) in [6.45, 7) is 1.95. The summed E-state index contributed by atoms with van der Waals surface area (Å²) in [7, 11) is 0. The molecular weight excluding hydrogens is 379 g/mol. The zero-order valence-corrected chi connectivity index (χ0v) is 13.7. The first-order chi connectivity index (χ1) is 10.0. The molecule has 0 unspecified atom stereocenters. The highest BCUT2D eigenvalue weighted by molar-refractivity contribution is 14.1. The standard InChI is InChI=1S/C16H15IN2O2/c1-11-8-13(4-7-15(11)17)19-9-12-2-5-14(6-3-12)21-10-16(18)20/h2-9H,10H2,1H3,(H2,18,20).